The van der Waals surface area contributed by atoms with Gasteiger partial charge in [-0.2, -0.15) is 0 Å². The number of aryl methyl sites for hydroxylation is 1. The van der Waals surface area contributed by atoms with Gasteiger partial charge in [0.1, 0.15) is 0 Å². The van der Waals surface area contributed by atoms with Crippen LogP contribution in [0, 0.1) is 12.8 Å². The summed E-state index contributed by atoms with van der Waals surface area (Å²) in [6.07, 6.45) is 4.40. The molecule has 1 atom stereocenters. The second-order valence-corrected chi connectivity index (χ2v) is 9.40. The van der Waals surface area contributed by atoms with Gasteiger partial charge in [0.2, 0.25) is 5.91 Å². The van der Waals surface area contributed by atoms with E-state index in [0.717, 1.165) is 36.5 Å². The summed E-state index contributed by atoms with van der Waals surface area (Å²) in [5.74, 6) is 0.192. The van der Waals surface area contributed by atoms with Crippen LogP contribution in [0.15, 0.2) is 23.6 Å². The summed E-state index contributed by atoms with van der Waals surface area (Å²) in [6, 6.07) is 6.37. The molecule has 0 radical (unpaired) electrons. The minimum atomic E-state index is -0.0508. The molecule has 1 saturated carbocycles. The molecule has 2 aromatic heterocycles. The average molecular weight is 404 g/mol. The smallest absolute Gasteiger partial charge is 0.261 e. The van der Waals surface area contributed by atoms with Crippen LogP contribution >= 0.6 is 22.7 Å². The summed E-state index contributed by atoms with van der Waals surface area (Å²) in [5, 5.41) is 8.94. The van der Waals surface area contributed by atoms with E-state index in [-0.39, 0.29) is 23.8 Å². The number of amides is 2. The first-order valence-electron chi connectivity index (χ1n) is 9.59. The number of rotatable bonds is 7. The van der Waals surface area contributed by atoms with Crippen LogP contribution in [0.25, 0.3) is 0 Å². The maximum atomic E-state index is 12.8. The summed E-state index contributed by atoms with van der Waals surface area (Å²) in [6.45, 7) is 4.72. The van der Waals surface area contributed by atoms with Gasteiger partial charge in [-0.1, -0.05) is 6.07 Å². The lowest BCUT2D eigenvalue weighted by atomic mass is 10.2. The standard InChI is InChI=1S/C20H25N3O2S2/c1-13-11-17(22-19(24)14-6-7-14)27-18(13)20(25)21-12-15(16-5-4-10-26-16)23-8-2-3-9-23/h4-5,10-11,14-15H,2-3,6-9,12H2,1H3,(H,21,25)(H,22,24)/t15-/m0/s1. The van der Waals surface area contributed by atoms with Crippen LogP contribution in [0.1, 0.15) is 51.8 Å². The van der Waals surface area contributed by atoms with Crippen LogP contribution in [0.5, 0.6) is 0 Å². The van der Waals surface area contributed by atoms with Gasteiger partial charge in [-0.15, -0.1) is 22.7 Å². The molecule has 7 heteroatoms. The summed E-state index contributed by atoms with van der Waals surface area (Å²) in [4.78, 5) is 29.2. The van der Waals surface area contributed by atoms with E-state index in [9.17, 15) is 9.59 Å². The topological polar surface area (TPSA) is 61.4 Å². The van der Waals surface area contributed by atoms with Crippen LogP contribution in [0.2, 0.25) is 0 Å². The van der Waals surface area contributed by atoms with Gasteiger partial charge in [0.25, 0.3) is 5.91 Å². The van der Waals surface area contributed by atoms with Gasteiger partial charge < -0.3 is 10.6 Å². The monoisotopic (exact) mass is 403 g/mol. The molecule has 2 aromatic rings. The van der Waals surface area contributed by atoms with Crippen LogP contribution in [-0.4, -0.2) is 36.3 Å². The number of hydrogen-bond acceptors (Lipinski definition) is 5. The van der Waals surface area contributed by atoms with Gasteiger partial charge in [0.15, 0.2) is 0 Å². The minimum absolute atomic E-state index is 0.0508. The van der Waals surface area contributed by atoms with Crippen molar-refractivity contribution in [3.8, 4) is 0 Å². The molecule has 0 spiro atoms. The normalized spacial score (nSPS) is 18.4. The van der Waals surface area contributed by atoms with Crippen molar-refractivity contribution in [3.63, 3.8) is 0 Å². The number of nitrogens with one attached hydrogen (secondary N) is 2. The second-order valence-electron chi connectivity index (χ2n) is 7.37. The molecule has 2 aliphatic rings. The van der Waals surface area contributed by atoms with E-state index in [1.807, 2.05) is 13.0 Å². The van der Waals surface area contributed by atoms with Crippen molar-refractivity contribution >= 4 is 39.5 Å². The highest BCUT2D eigenvalue weighted by molar-refractivity contribution is 7.18. The SMILES string of the molecule is Cc1cc(NC(=O)C2CC2)sc1C(=O)NC[C@@H](c1cccs1)N1CCCC1. The Morgan fingerprint density at radius 3 is 2.74 bits per heavy atom. The Bertz CT molecular complexity index is 805. The Balaban J connectivity index is 1.40. The molecule has 3 heterocycles. The van der Waals surface area contributed by atoms with Gasteiger partial charge in [0.05, 0.1) is 15.9 Å². The fraction of sp³-hybridized carbons (Fsp3) is 0.500. The van der Waals surface area contributed by atoms with Crippen LogP contribution in [-0.2, 0) is 4.79 Å². The van der Waals surface area contributed by atoms with E-state index < -0.39 is 0 Å². The van der Waals surface area contributed by atoms with Crippen molar-refractivity contribution in [1.29, 1.82) is 0 Å². The summed E-state index contributed by atoms with van der Waals surface area (Å²) in [7, 11) is 0. The first kappa shape index (κ1) is 18.7. The molecule has 0 unspecified atom stereocenters. The Hall–Kier alpha value is -1.70. The lowest BCUT2D eigenvalue weighted by Gasteiger charge is -2.26. The third-order valence-corrected chi connectivity index (χ3v) is 7.35. The molecular weight excluding hydrogens is 378 g/mol. The third kappa shape index (κ3) is 4.42. The lowest BCUT2D eigenvalue weighted by Crippen LogP contribution is -2.36. The van der Waals surface area contributed by atoms with Crippen LogP contribution in [0.4, 0.5) is 5.00 Å². The van der Waals surface area contributed by atoms with E-state index >= 15 is 0 Å². The summed E-state index contributed by atoms with van der Waals surface area (Å²) >= 11 is 3.12. The predicted octanol–water partition coefficient (Wildman–Crippen LogP) is 4.03. The highest BCUT2D eigenvalue weighted by atomic mass is 32.1. The predicted molar refractivity (Wildman–Crippen MR) is 111 cm³/mol. The first-order valence-corrected chi connectivity index (χ1v) is 11.3. The van der Waals surface area contributed by atoms with E-state index in [1.165, 1.54) is 29.1 Å². The van der Waals surface area contributed by atoms with Gasteiger partial charge in [-0.25, -0.2) is 0 Å². The molecule has 2 N–H and O–H groups in total. The Kier molecular flexibility index (Phi) is 5.61. The second kappa shape index (κ2) is 8.12. The fourth-order valence-corrected chi connectivity index (χ4v) is 5.40. The molecule has 1 aliphatic heterocycles. The highest BCUT2D eigenvalue weighted by Gasteiger charge is 2.30. The number of carbonyl (C=O) groups excluding carboxylic acids is 2. The van der Waals surface area contributed by atoms with Crippen molar-refractivity contribution in [3.05, 3.63) is 38.9 Å². The molecule has 0 aromatic carbocycles. The van der Waals surface area contributed by atoms with Crippen molar-refractivity contribution in [1.82, 2.24) is 10.2 Å². The van der Waals surface area contributed by atoms with Gasteiger partial charge >= 0.3 is 0 Å². The number of carbonyl (C=O) groups is 2. The van der Waals surface area contributed by atoms with E-state index in [0.29, 0.717) is 11.4 Å². The molecule has 2 fully saturated rings. The summed E-state index contributed by atoms with van der Waals surface area (Å²) < 4.78 is 0. The zero-order chi connectivity index (χ0) is 18.8. The van der Waals surface area contributed by atoms with Gasteiger partial charge in [-0.3, -0.25) is 14.5 Å². The van der Waals surface area contributed by atoms with Crippen LogP contribution in [0.3, 0.4) is 0 Å². The Morgan fingerprint density at radius 2 is 2.07 bits per heavy atom. The Morgan fingerprint density at radius 1 is 1.30 bits per heavy atom. The minimum Gasteiger partial charge on any atom is -0.349 e. The molecule has 4 rings (SSSR count). The molecule has 0 bridgehead atoms. The lowest BCUT2D eigenvalue weighted by molar-refractivity contribution is -0.117. The zero-order valence-electron chi connectivity index (χ0n) is 15.5. The van der Waals surface area contributed by atoms with E-state index in [2.05, 4.69) is 33.0 Å². The van der Waals surface area contributed by atoms with E-state index in [1.54, 1.807) is 11.3 Å². The number of anilines is 1. The molecule has 1 aliphatic carbocycles. The number of nitrogens with zero attached hydrogens (tertiary/aromatic N) is 1. The van der Waals surface area contributed by atoms with Crippen molar-refractivity contribution in [2.24, 2.45) is 5.92 Å². The zero-order valence-corrected chi connectivity index (χ0v) is 17.1. The fourth-order valence-electron chi connectivity index (χ4n) is 3.55. The van der Waals surface area contributed by atoms with Gasteiger partial charge in [0, 0.05) is 17.3 Å². The maximum Gasteiger partial charge on any atom is 0.261 e. The Labute approximate surface area is 167 Å². The molecule has 2 amide bonds. The first-order chi connectivity index (χ1) is 13.1. The molecular formula is C20H25N3O2S2. The number of hydrogen-bond donors (Lipinski definition) is 2. The maximum absolute atomic E-state index is 12.8. The van der Waals surface area contributed by atoms with Crippen molar-refractivity contribution < 1.29 is 9.59 Å². The average Bonchev–Trinajstić information content (AvgIpc) is 3.03. The largest absolute Gasteiger partial charge is 0.349 e. The third-order valence-electron chi connectivity index (χ3n) is 5.23. The van der Waals surface area contributed by atoms with Crippen LogP contribution < -0.4 is 10.6 Å². The quantitative estimate of drug-likeness (QED) is 0.734. The van der Waals surface area contributed by atoms with E-state index in [4.69, 9.17) is 0 Å². The van der Waals surface area contributed by atoms with Crippen molar-refractivity contribution in [2.75, 3.05) is 25.0 Å². The molecule has 1 saturated heterocycles. The molecule has 27 heavy (non-hydrogen) atoms. The number of likely N-dealkylation sites (tertiary alicyclic amines) is 1. The molecule has 5 nitrogen and oxygen atoms in total. The summed E-state index contributed by atoms with van der Waals surface area (Å²) in [5.41, 5.74) is 0.914. The highest BCUT2D eigenvalue weighted by Crippen LogP contribution is 2.33. The number of thiophene rings is 2. The van der Waals surface area contributed by atoms with Gasteiger partial charge in [-0.05, 0) is 68.8 Å². The van der Waals surface area contributed by atoms with Crippen molar-refractivity contribution in [2.45, 2.75) is 38.6 Å². The molecule has 144 valence electrons.